The number of ether oxygens (including phenoxy) is 1. The number of urea groups is 1. The van der Waals surface area contributed by atoms with Gasteiger partial charge in [-0.15, -0.1) is 0 Å². The molecule has 5 rings (SSSR count). The summed E-state index contributed by atoms with van der Waals surface area (Å²) in [6.07, 6.45) is 1.87. The van der Waals surface area contributed by atoms with Gasteiger partial charge in [-0.1, -0.05) is 43.3 Å². The van der Waals surface area contributed by atoms with Crippen molar-refractivity contribution in [1.82, 2.24) is 10.2 Å². The molecule has 3 aromatic carbocycles. The van der Waals surface area contributed by atoms with Crippen molar-refractivity contribution in [2.45, 2.75) is 26.3 Å². The topological polar surface area (TPSA) is 85.9 Å². The second-order valence-corrected chi connectivity index (χ2v) is 10.0. The van der Waals surface area contributed by atoms with Crippen LogP contribution in [0.2, 0.25) is 0 Å². The van der Waals surface area contributed by atoms with E-state index in [0.29, 0.717) is 17.8 Å². The summed E-state index contributed by atoms with van der Waals surface area (Å²) < 4.78 is 5.42. The third-order valence-electron chi connectivity index (χ3n) is 7.41. The van der Waals surface area contributed by atoms with Gasteiger partial charge >= 0.3 is 6.03 Å². The Hall–Kier alpha value is -3.88. The molecule has 3 N–H and O–H groups in total. The predicted octanol–water partition coefficient (Wildman–Crippen LogP) is 4.52. The number of nitrogens with zero attached hydrogens (tertiary/aromatic N) is 2. The molecule has 1 saturated heterocycles. The lowest BCUT2D eigenvalue weighted by molar-refractivity contribution is 0.0383. The first-order valence-electron chi connectivity index (χ1n) is 13.8. The van der Waals surface area contributed by atoms with E-state index < -0.39 is 0 Å². The highest BCUT2D eigenvalue weighted by molar-refractivity contribution is 6.04. The standard InChI is InChI=1S/C31H37N5O3/c1-2-23-7-9-26(10-8-23)33-31(38)34-27-11-12-29(36-15-13-24-5-3-4-6-25(24)22-36)28(21-27)30(37)32-14-16-35-17-19-39-20-18-35/h3-12,21H,2,13-20,22H2,1H3,(H,32,37)(H2,33,34,38). The molecule has 0 spiro atoms. The quantitative estimate of drug-likeness (QED) is 0.401. The Balaban J connectivity index is 1.31. The average molecular weight is 528 g/mol. The highest BCUT2D eigenvalue weighted by Gasteiger charge is 2.22. The molecule has 2 heterocycles. The third kappa shape index (κ3) is 6.96. The monoisotopic (exact) mass is 527 g/mol. The van der Waals surface area contributed by atoms with Crippen molar-refractivity contribution in [3.8, 4) is 0 Å². The summed E-state index contributed by atoms with van der Waals surface area (Å²) in [4.78, 5) is 30.8. The summed E-state index contributed by atoms with van der Waals surface area (Å²) in [6, 6.07) is 21.5. The van der Waals surface area contributed by atoms with E-state index in [1.165, 1.54) is 16.7 Å². The predicted molar refractivity (Wildman–Crippen MR) is 156 cm³/mol. The number of carbonyl (C=O) groups excluding carboxylic acids is 2. The molecule has 8 nitrogen and oxygen atoms in total. The van der Waals surface area contributed by atoms with E-state index in [9.17, 15) is 9.59 Å². The highest BCUT2D eigenvalue weighted by atomic mass is 16.5. The lowest BCUT2D eigenvalue weighted by Gasteiger charge is -2.32. The van der Waals surface area contributed by atoms with Gasteiger partial charge in [-0.25, -0.2) is 4.79 Å². The SMILES string of the molecule is CCc1ccc(NC(=O)Nc2ccc(N3CCc4ccccc4C3)c(C(=O)NCCN3CCOCC3)c2)cc1. The number of fused-ring (bicyclic) bond motifs is 1. The molecule has 0 unspecified atom stereocenters. The maximum Gasteiger partial charge on any atom is 0.323 e. The number of amides is 3. The first kappa shape index (κ1) is 26.7. The van der Waals surface area contributed by atoms with Crippen molar-refractivity contribution in [3.63, 3.8) is 0 Å². The maximum atomic E-state index is 13.5. The van der Waals surface area contributed by atoms with E-state index >= 15 is 0 Å². The third-order valence-corrected chi connectivity index (χ3v) is 7.41. The largest absolute Gasteiger partial charge is 0.379 e. The van der Waals surface area contributed by atoms with Gasteiger partial charge in [0, 0.05) is 56.3 Å². The van der Waals surface area contributed by atoms with Crippen LogP contribution in [0.5, 0.6) is 0 Å². The van der Waals surface area contributed by atoms with Crippen molar-refractivity contribution in [2.75, 3.05) is 61.5 Å². The average Bonchev–Trinajstić information content (AvgIpc) is 2.97. The molecule has 0 bridgehead atoms. The number of benzene rings is 3. The van der Waals surface area contributed by atoms with Crippen LogP contribution in [0.1, 0.15) is 34.0 Å². The summed E-state index contributed by atoms with van der Waals surface area (Å²) >= 11 is 0. The van der Waals surface area contributed by atoms with E-state index in [1.54, 1.807) is 6.07 Å². The molecule has 2 aliphatic rings. The fourth-order valence-corrected chi connectivity index (χ4v) is 5.14. The van der Waals surface area contributed by atoms with Gasteiger partial charge in [0.15, 0.2) is 0 Å². The second kappa shape index (κ2) is 12.8. The zero-order chi connectivity index (χ0) is 27.0. The summed E-state index contributed by atoms with van der Waals surface area (Å²) in [6.45, 7) is 8.20. The Morgan fingerprint density at radius 2 is 1.59 bits per heavy atom. The lowest BCUT2D eigenvalue weighted by atomic mass is 9.98. The van der Waals surface area contributed by atoms with Gasteiger partial charge in [-0.3, -0.25) is 9.69 Å². The van der Waals surface area contributed by atoms with Crippen LogP contribution in [0, 0.1) is 0 Å². The molecular formula is C31H37N5O3. The molecule has 2 aliphatic heterocycles. The minimum Gasteiger partial charge on any atom is -0.379 e. The lowest BCUT2D eigenvalue weighted by Crippen LogP contribution is -2.41. The number of morpholine rings is 1. The molecule has 3 aromatic rings. The van der Waals surface area contributed by atoms with Crippen LogP contribution in [0.15, 0.2) is 66.7 Å². The number of carbonyl (C=O) groups is 2. The summed E-state index contributed by atoms with van der Waals surface area (Å²) in [7, 11) is 0. The number of hydrogen-bond acceptors (Lipinski definition) is 5. The van der Waals surface area contributed by atoms with Crippen LogP contribution in [0.4, 0.5) is 21.9 Å². The summed E-state index contributed by atoms with van der Waals surface area (Å²) in [5, 5.41) is 8.87. The Morgan fingerprint density at radius 3 is 2.36 bits per heavy atom. The van der Waals surface area contributed by atoms with Crippen LogP contribution < -0.4 is 20.9 Å². The van der Waals surface area contributed by atoms with E-state index in [2.05, 4.69) is 56.9 Å². The van der Waals surface area contributed by atoms with Crippen LogP contribution in [0.25, 0.3) is 0 Å². The highest BCUT2D eigenvalue weighted by Crippen LogP contribution is 2.29. The number of hydrogen-bond donors (Lipinski definition) is 3. The first-order chi connectivity index (χ1) is 19.1. The van der Waals surface area contributed by atoms with Crippen LogP contribution in [-0.2, 0) is 24.1 Å². The normalized spacial score (nSPS) is 15.4. The van der Waals surface area contributed by atoms with Crippen LogP contribution in [0.3, 0.4) is 0 Å². The molecule has 0 radical (unpaired) electrons. The molecule has 0 aliphatic carbocycles. The summed E-state index contributed by atoms with van der Waals surface area (Å²) in [5.41, 5.74) is 6.55. The van der Waals surface area contributed by atoms with E-state index in [4.69, 9.17) is 4.74 Å². The Morgan fingerprint density at radius 1 is 0.872 bits per heavy atom. The molecule has 204 valence electrons. The molecule has 39 heavy (non-hydrogen) atoms. The summed E-state index contributed by atoms with van der Waals surface area (Å²) in [5.74, 6) is -0.142. The number of aryl methyl sites for hydroxylation is 1. The molecule has 8 heteroatoms. The fraction of sp³-hybridized carbons (Fsp3) is 0.355. The van der Waals surface area contributed by atoms with Gasteiger partial charge in [-0.05, 0) is 59.9 Å². The zero-order valence-corrected chi connectivity index (χ0v) is 22.5. The van der Waals surface area contributed by atoms with Gasteiger partial charge in [0.2, 0.25) is 0 Å². The Labute approximate surface area is 230 Å². The van der Waals surface area contributed by atoms with Crippen molar-refractivity contribution < 1.29 is 14.3 Å². The molecule has 0 atom stereocenters. The Kier molecular flexibility index (Phi) is 8.75. The van der Waals surface area contributed by atoms with Crippen molar-refractivity contribution in [1.29, 1.82) is 0 Å². The molecule has 0 saturated carbocycles. The van der Waals surface area contributed by atoms with Gasteiger partial charge in [0.25, 0.3) is 5.91 Å². The van der Waals surface area contributed by atoms with E-state index in [0.717, 1.165) is 70.2 Å². The van der Waals surface area contributed by atoms with Crippen LogP contribution in [-0.4, -0.2) is 62.8 Å². The molecule has 3 amide bonds. The minimum atomic E-state index is -0.349. The van der Waals surface area contributed by atoms with Crippen molar-refractivity contribution in [2.24, 2.45) is 0 Å². The van der Waals surface area contributed by atoms with E-state index in [-0.39, 0.29) is 11.9 Å². The molecular weight excluding hydrogens is 490 g/mol. The van der Waals surface area contributed by atoms with Gasteiger partial charge < -0.3 is 25.6 Å². The van der Waals surface area contributed by atoms with Gasteiger partial charge in [0.1, 0.15) is 0 Å². The molecule has 0 aromatic heterocycles. The van der Waals surface area contributed by atoms with E-state index in [1.807, 2.05) is 36.4 Å². The molecule has 1 fully saturated rings. The van der Waals surface area contributed by atoms with Crippen molar-refractivity contribution in [3.05, 3.63) is 89.0 Å². The first-order valence-corrected chi connectivity index (χ1v) is 13.8. The van der Waals surface area contributed by atoms with Gasteiger partial charge in [0.05, 0.1) is 18.8 Å². The zero-order valence-electron chi connectivity index (χ0n) is 22.5. The number of nitrogens with one attached hydrogen (secondary N) is 3. The van der Waals surface area contributed by atoms with Gasteiger partial charge in [-0.2, -0.15) is 0 Å². The minimum absolute atomic E-state index is 0.142. The second-order valence-electron chi connectivity index (χ2n) is 10.0. The smallest absolute Gasteiger partial charge is 0.323 e. The van der Waals surface area contributed by atoms with Crippen molar-refractivity contribution >= 4 is 29.0 Å². The van der Waals surface area contributed by atoms with Crippen LogP contribution >= 0.6 is 0 Å². The maximum absolute atomic E-state index is 13.5. The number of anilines is 3. The fourth-order valence-electron chi connectivity index (χ4n) is 5.14. The Bertz CT molecular complexity index is 1290. The number of rotatable bonds is 8.